The summed E-state index contributed by atoms with van der Waals surface area (Å²) in [5.41, 5.74) is 0.582. The van der Waals surface area contributed by atoms with Gasteiger partial charge in [0.05, 0.1) is 5.92 Å². The lowest BCUT2D eigenvalue weighted by Gasteiger charge is -2.23. The van der Waals surface area contributed by atoms with Crippen LogP contribution in [0.3, 0.4) is 0 Å². The van der Waals surface area contributed by atoms with Gasteiger partial charge in [-0.1, -0.05) is 26.8 Å². The highest BCUT2D eigenvalue weighted by Gasteiger charge is 2.24. The van der Waals surface area contributed by atoms with Crippen molar-refractivity contribution in [3.8, 4) is 0 Å². The van der Waals surface area contributed by atoms with Crippen LogP contribution in [0.4, 0.5) is 10.5 Å². The van der Waals surface area contributed by atoms with E-state index in [4.69, 9.17) is 0 Å². The first kappa shape index (κ1) is 17.7. The predicted molar refractivity (Wildman–Crippen MR) is 91.4 cm³/mol. The van der Waals surface area contributed by atoms with Crippen LogP contribution in [0.2, 0.25) is 0 Å². The second kappa shape index (κ2) is 7.63. The Bertz CT molecular complexity index is 512. The van der Waals surface area contributed by atoms with E-state index >= 15 is 0 Å². The van der Waals surface area contributed by atoms with E-state index < -0.39 is 17.9 Å². The monoisotopic (exact) mass is 404 g/mol. The maximum Gasteiger partial charge on any atom is 0.319 e. The molecule has 2 amide bonds. The third-order valence-electron chi connectivity index (χ3n) is 2.80. The molecule has 0 saturated carbocycles. The number of anilines is 1. The summed E-state index contributed by atoms with van der Waals surface area (Å²) in [7, 11) is 0. The SMILES string of the molecule is CC(C)(C)CC(CNC(=O)Nc1cccc(I)c1)C(=O)O. The van der Waals surface area contributed by atoms with E-state index in [1.165, 1.54) is 0 Å². The molecule has 0 aliphatic carbocycles. The molecule has 5 nitrogen and oxygen atoms in total. The lowest BCUT2D eigenvalue weighted by atomic mass is 9.84. The molecule has 1 aromatic rings. The molecule has 0 bridgehead atoms. The van der Waals surface area contributed by atoms with Crippen molar-refractivity contribution in [2.45, 2.75) is 27.2 Å². The summed E-state index contributed by atoms with van der Waals surface area (Å²) in [5, 5.41) is 14.5. The average Bonchev–Trinajstić information content (AvgIpc) is 2.32. The number of nitrogens with one attached hydrogen (secondary N) is 2. The van der Waals surface area contributed by atoms with Gasteiger partial charge in [0.25, 0.3) is 0 Å². The summed E-state index contributed by atoms with van der Waals surface area (Å²) >= 11 is 2.16. The number of carboxylic acid groups (broad SMARTS) is 1. The molecule has 1 rings (SSSR count). The summed E-state index contributed by atoms with van der Waals surface area (Å²) in [6.07, 6.45) is 0.506. The maximum atomic E-state index is 11.8. The normalized spacial score (nSPS) is 12.6. The van der Waals surface area contributed by atoms with Gasteiger partial charge in [-0.2, -0.15) is 0 Å². The Labute approximate surface area is 138 Å². The summed E-state index contributed by atoms with van der Waals surface area (Å²) in [4.78, 5) is 23.0. The Morgan fingerprint density at radius 1 is 1.33 bits per heavy atom. The molecule has 0 saturated heterocycles. The van der Waals surface area contributed by atoms with Gasteiger partial charge in [0.2, 0.25) is 0 Å². The fourth-order valence-electron chi connectivity index (χ4n) is 1.94. The molecule has 1 atom stereocenters. The number of carboxylic acids is 1. The van der Waals surface area contributed by atoms with Gasteiger partial charge in [-0.05, 0) is 52.6 Å². The zero-order valence-electron chi connectivity index (χ0n) is 12.4. The van der Waals surface area contributed by atoms with E-state index in [0.717, 1.165) is 3.57 Å². The molecule has 6 heteroatoms. The topological polar surface area (TPSA) is 78.4 Å². The van der Waals surface area contributed by atoms with E-state index in [1.807, 2.05) is 39.0 Å². The Kier molecular flexibility index (Phi) is 6.44. The van der Waals surface area contributed by atoms with Crippen LogP contribution >= 0.6 is 22.6 Å². The fourth-order valence-corrected chi connectivity index (χ4v) is 2.49. The number of urea groups is 1. The molecule has 0 aliphatic heterocycles. The molecule has 0 fully saturated rings. The van der Waals surface area contributed by atoms with Gasteiger partial charge in [0.15, 0.2) is 0 Å². The van der Waals surface area contributed by atoms with Gasteiger partial charge < -0.3 is 15.7 Å². The zero-order valence-corrected chi connectivity index (χ0v) is 14.6. The van der Waals surface area contributed by atoms with Crippen molar-refractivity contribution in [1.82, 2.24) is 5.32 Å². The molecule has 116 valence electrons. The second-order valence-electron chi connectivity index (χ2n) is 6.15. The van der Waals surface area contributed by atoms with E-state index in [0.29, 0.717) is 12.1 Å². The minimum absolute atomic E-state index is 0.100. The molecule has 0 aliphatic rings. The molecule has 0 spiro atoms. The van der Waals surface area contributed by atoms with E-state index in [1.54, 1.807) is 6.07 Å². The number of carbonyl (C=O) groups is 2. The van der Waals surface area contributed by atoms with Gasteiger partial charge >= 0.3 is 12.0 Å². The highest BCUT2D eigenvalue weighted by Crippen LogP contribution is 2.24. The molecule has 1 unspecified atom stereocenters. The predicted octanol–water partition coefficient (Wildman–Crippen LogP) is 3.55. The summed E-state index contributed by atoms with van der Waals surface area (Å²) in [6, 6.07) is 7.00. The van der Waals surface area contributed by atoms with Gasteiger partial charge in [-0.3, -0.25) is 4.79 Å². The van der Waals surface area contributed by atoms with E-state index in [9.17, 15) is 14.7 Å². The molecule has 1 aromatic carbocycles. The third-order valence-corrected chi connectivity index (χ3v) is 3.47. The highest BCUT2D eigenvalue weighted by atomic mass is 127. The fraction of sp³-hybridized carbons (Fsp3) is 0.467. The number of aliphatic carboxylic acids is 1. The van der Waals surface area contributed by atoms with Crippen molar-refractivity contribution in [1.29, 1.82) is 0 Å². The molecule has 0 radical (unpaired) electrons. The molecule has 0 heterocycles. The molecular weight excluding hydrogens is 383 g/mol. The summed E-state index contributed by atoms with van der Waals surface area (Å²) in [6.45, 7) is 6.06. The van der Waals surface area contributed by atoms with E-state index in [-0.39, 0.29) is 12.0 Å². The molecule has 3 N–H and O–H groups in total. The van der Waals surface area contributed by atoms with Gasteiger partial charge in [0, 0.05) is 15.8 Å². The van der Waals surface area contributed by atoms with Crippen molar-refractivity contribution in [2.24, 2.45) is 11.3 Å². The van der Waals surface area contributed by atoms with Crippen LogP contribution in [0.25, 0.3) is 0 Å². The van der Waals surface area contributed by atoms with E-state index in [2.05, 4.69) is 33.2 Å². The van der Waals surface area contributed by atoms with Crippen molar-refractivity contribution in [3.63, 3.8) is 0 Å². The van der Waals surface area contributed by atoms with Crippen LogP contribution in [0.5, 0.6) is 0 Å². The third kappa shape index (κ3) is 7.31. The minimum atomic E-state index is -0.889. The van der Waals surface area contributed by atoms with Crippen molar-refractivity contribution >= 4 is 40.3 Å². The highest BCUT2D eigenvalue weighted by molar-refractivity contribution is 14.1. The van der Waals surface area contributed by atoms with Crippen LogP contribution in [-0.2, 0) is 4.79 Å². The Balaban J connectivity index is 2.52. The number of rotatable bonds is 5. The van der Waals surface area contributed by atoms with Crippen molar-refractivity contribution in [2.75, 3.05) is 11.9 Å². The molecule has 0 aromatic heterocycles. The Morgan fingerprint density at radius 2 is 2.00 bits per heavy atom. The smallest absolute Gasteiger partial charge is 0.319 e. The molecule has 21 heavy (non-hydrogen) atoms. The minimum Gasteiger partial charge on any atom is -0.481 e. The Morgan fingerprint density at radius 3 is 2.52 bits per heavy atom. The molecular formula is C15H21IN2O3. The van der Waals surface area contributed by atoms with Crippen LogP contribution in [0.15, 0.2) is 24.3 Å². The zero-order chi connectivity index (χ0) is 16.0. The quantitative estimate of drug-likeness (QED) is 0.657. The van der Waals surface area contributed by atoms with Crippen molar-refractivity contribution in [3.05, 3.63) is 27.8 Å². The lowest BCUT2D eigenvalue weighted by molar-refractivity contribution is -0.142. The lowest BCUT2D eigenvalue weighted by Crippen LogP contribution is -2.37. The first-order chi connectivity index (χ1) is 9.67. The standard InChI is InChI=1S/C15H21IN2O3/c1-15(2,3)8-10(13(19)20)9-17-14(21)18-12-6-4-5-11(16)7-12/h4-7,10H,8-9H2,1-3H3,(H,19,20)(H2,17,18,21). The van der Waals surface area contributed by atoms with Gasteiger partial charge in [0.1, 0.15) is 0 Å². The first-order valence-electron chi connectivity index (χ1n) is 6.70. The first-order valence-corrected chi connectivity index (χ1v) is 7.78. The second-order valence-corrected chi connectivity index (χ2v) is 7.39. The maximum absolute atomic E-state index is 11.8. The van der Waals surface area contributed by atoms with Crippen LogP contribution < -0.4 is 10.6 Å². The van der Waals surface area contributed by atoms with Gasteiger partial charge in [-0.25, -0.2) is 4.79 Å². The number of halogens is 1. The largest absolute Gasteiger partial charge is 0.481 e. The summed E-state index contributed by atoms with van der Waals surface area (Å²) in [5.74, 6) is -1.48. The number of hydrogen-bond acceptors (Lipinski definition) is 2. The summed E-state index contributed by atoms with van der Waals surface area (Å²) < 4.78 is 1.02. The Hall–Kier alpha value is -1.31. The van der Waals surface area contributed by atoms with Crippen LogP contribution in [-0.4, -0.2) is 23.7 Å². The number of carbonyl (C=O) groups excluding carboxylic acids is 1. The average molecular weight is 404 g/mol. The van der Waals surface area contributed by atoms with Crippen LogP contribution in [0, 0.1) is 14.9 Å². The van der Waals surface area contributed by atoms with Crippen molar-refractivity contribution < 1.29 is 14.7 Å². The van der Waals surface area contributed by atoms with Crippen LogP contribution in [0.1, 0.15) is 27.2 Å². The number of hydrogen-bond donors (Lipinski definition) is 3. The number of amides is 2. The van der Waals surface area contributed by atoms with Gasteiger partial charge in [-0.15, -0.1) is 0 Å². The number of benzene rings is 1.